The molecule has 0 radical (unpaired) electrons. The predicted molar refractivity (Wildman–Crippen MR) is 84.7 cm³/mol. The molecule has 3 rings (SSSR count). The van der Waals surface area contributed by atoms with Crippen LogP contribution < -0.4 is 16.4 Å². The highest BCUT2D eigenvalue weighted by molar-refractivity contribution is 7.99. The third-order valence-electron chi connectivity index (χ3n) is 3.01. The molecule has 0 amide bonds. The fraction of sp³-hybridized carbons (Fsp3) is 0.231. The van der Waals surface area contributed by atoms with Crippen LogP contribution in [0.15, 0.2) is 29.3 Å². The lowest BCUT2D eigenvalue weighted by Crippen LogP contribution is -2.24. The summed E-state index contributed by atoms with van der Waals surface area (Å²) in [7, 11) is 0. The minimum absolute atomic E-state index is 0.154. The van der Waals surface area contributed by atoms with Crippen LogP contribution in [0.5, 0.6) is 0 Å². The molecule has 2 aromatic rings. The molecule has 0 aliphatic carbocycles. The molecule has 10 heteroatoms. The lowest BCUT2D eigenvalue weighted by molar-refractivity contribution is -0.145. The van der Waals surface area contributed by atoms with Crippen molar-refractivity contribution in [3.05, 3.63) is 35.1 Å². The summed E-state index contributed by atoms with van der Waals surface area (Å²) in [5.41, 5.74) is 7.15. The van der Waals surface area contributed by atoms with Gasteiger partial charge >= 0.3 is 6.18 Å². The van der Waals surface area contributed by atoms with E-state index in [0.29, 0.717) is 10.8 Å². The number of benzene rings is 1. The smallest absolute Gasteiger partial charge is 0.384 e. The number of anilines is 3. The van der Waals surface area contributed by atoms with Crippen LogP contribution in [-0.4, -0.2) is 21.9 Å². The van der Waals surface area contributed by atoms with Crippen LogP contribution >= 0.6 is 23.4 Å². The molecule has 0 spiro atoms. The molecule has 0 saturated heterocycles. The monoisotopic (exact) mass is 361 g/mol. The van der Waals surface area contributed by atoms with Gasteiger partial charge in [-0.15, -0.1) is 11.8 Å². The number of aromatic nitrogens is 2. The normalized spacial score (nSPS) is 16.6. The maximum absolute atomic E-state index is 12.7. The molecule has 2 heterocycles. The lowest BCUT2D eigenvalue weighted by Gasteiger charge is -2.12. The maximum Gasteiger partial charge on any atom is 0.451 e. The van der Waals surface area contributed by atoms with Gasteiger partial charge in [0.05, 0.1) is 11.4 Å². The number of nitrogens with one attached hydrogen (secondary N) is 2. The van der Waals surface area contributed by atoms with E-state index in [1.807, 2.05) is 6.07 Å². The minimum atomic E-state index is -4.62. The van der Waals surface area contributed by atoms with E-state index in [1.54, 1.807) is 12.1 Å². The van der Waals surface area contributed by atoms with Gasteiger partial charge in [0.15, 0.2) is 0 Å². The zero-order valence-electron chi connectivity index (χ0n) is 11.5. The number of thioether (sulfide) groups is 1. The van der Waals surface area contributed by atoms with Crippen molar-refractivity contribution in [3.8, 4) is 0 Å². The zero-order valence-corrected chi connectivity index (χ0v) is 13.1. The number of hydrogen-bond acceptors (Lipinski definition) is 6. The van der Waals surface area contributed by atoms with Crippen molar-refractivity contribution in [1.82, 2.24) is 9.97 Å². The molecule has 1 aliphatic rings. The first-order valence-corrected chi connectivity index (χ1v) is 7.85. The molecular weight excluding hydrogens is 351 g/mol. The van der Waals surface area contributed by atoms with Gasteiger partial charge in [0, 0.05) is 16.8 Å². The molecule has 122 valence electrons. The van der Waals surface area contributed by atoms with Gasteiger partial charge in [-0.25, -0.2) is 9.97 Å². The number of hydrogen-bond donors (Lipinski definition) is 3. The number of rotatable bonds is 3. The van der Waals surface area contributed by atoms with Crippen molar-refractivity contribution >= 4 is 40.6 Å². The minimum Gasteiger partial charge on any atom is -0.384 e. The molecule has 4 N–H and O–H groups in total. The van der Waals surface area contributed by atoms with Gasteiger partial charge < -0.3 is 16.4 Å². The number of fused-ring (bicyclic) bond motifs is 1. The van der Waals surface area contributed by atoms with Gasteiger partial charge in [-0.3, -0.25) is 0 Å². The quantitative estimate of drug-likeness (QED) is 0.572. The first kappa shape index (κ1) is 16.0. The Kier molecular flexibility index (Phi) is 4.15. The second kappa shape index (κ2) is 5.97. The Morgan fingerprint density at radius 1 is 1.17 bits per heavy atom. The van der Waals surface area contributed by atoms with E-state index in [1.165, 1.54) is 6.07 Å². The highest BCUT2D eigenvalue weighted by atomic mass is 35.5. The SMILES string of the molecule is Nc1cc(SCC2Nc3ccc(Cl)cc3N2)nc(C(F)(F)F)n1. The second-order valence-corrected chi connectivity index (χ2v) is 6.27. The second-order valence-electron chi connectivity index (χ2n) is 4.79. The van der Waals surface area contributed by atoms with E-state index in [0.717, 1.165) is 23.1 Å². The van der Waals surface area contributed by atoms with Gasteiger partial charge in [0.25, 0.3) is 0 Å². The van der Waals surface area contributed by atoms with Crippen molar-refractivity contribution in [3.63, 3.8) is 0 Å². The van der Waals surface area contributed by atoms with Crippen LogP contribution in [0.25, 0.3) is 0 Å². The summed E-state index contributed by atoms with van der Waals surface area (Å²) >= 11 is 7.06. The van der Waals surface area contributed by atoms with Crippen LogP contribution in [0.4, 0.5) is 30.4 Å². The Hall–Kier alpha value is -1.87. The first-order chi connectivity index (χ1) is 10.8. The average Bonchev–Trinajstić information content (AvgIpc) is 2.85. The topological polar surface area (TPSA) is 75.9 Å². The van der Waals surface area contributed by atoms with Crippen LogP contribution in [0.3, 0.4) is 0 Å². The Morgan fingerprint density at radius 3 is 2.65 bits per heavy atom. The molecule has 0 fully saturated rings. The molecule has 1 aromatic carbocycles. The van der Waals surface area contributed by atoms with E-state index in [2.05, 4.69) is 20.6 Å². The summed E-state index contributed by atoms with van der Waals surface area (Å²) in [6, 6.07) is 6.68. The molecule has 1 aliphatic heterocycles. The highest BCUT2D eigenvalue weighted by Gasteiger charge is 2.35. The third kappa shape index (κ3) is 3.73. The van der Waals surface area contributed by atoms with Crippen LogP contribution in [0, 0.1) is 0 Å². The summed E-state index contributed by atoms with van der Waals surface area (Å²) in [5.74, 6) is -1.00. The molecular formula is C13H11ClF3N5S. The Labute approximate surface area is 138 Å². The molecule has 0 bridgehead atoms. The number of nitrogens with zero attached hydrogens (tertiary/aromatic N) is 2. The molecule has 1 unspecified atom stereocenters. The van der Waals surface area contributed by atoms with Crippen molar-refractivity contribution < 1.29 is 13.2 Å². The Balaban J connectivity index is 1.67. The summed E-state index contributed by atoms with van der Waals surface area (Å²) in [4.78, 5) is 6.71. The van der Waals surface area contributed by atoms with Crippen LogP contribution in [0.2, 0.25) is 5.02 Å². The van der Waals surface area contributed by atoms with E-state index in [9.17, 15) is 13.2 Å². The fourth-order valence-electron chi connectivity index (χ4n) is 2.07. The van der Waals surface area contributed by atoms with Crippen molar-refractivity contribution in [2.75, 3.05) is 22.1 Å². The summed E-state index contributed by atoms with van der Waals surface area (Å²) in [5, 5.41) is 7.17. The molecule has 1 aromatic heterocycles. The van der Waals surface area contributed by atoms with E-state index in [-0.39, 0.29) is 17.0 Å². The maximum atomic E-state index is 12.7. The molecule has 0 saturated carbocycles. The average molecular weight is 362 g/mol. The summed E-state index contributed by atoms with van der Waals surface area (Å²) < 4.78 is 38.0. The fourth-order valence-corrected chi connectivity index (χ4v) is 3.10. The van der Waals surface area contributed by atoms with Crippen LogP contribution in [-0.2, 0) is 6.18 Å². The van der Waals surface area contributed by atoms with E-state index >= 15 is 0 Å². The molecule has 23 heavy (non-hydrogen) atoms. The van der Waals surface area contributed by atoms with Crippen LogP contribution in [0.1, 0.15) is 5.82 Å². The van der Waals surface area contributed by atoms with Gasteiger partial charge in [-0.05, 0) is 18.2 Å². The zero-order chi connectivity index (χ0) is 16.6. The Bertz CT molecular complexity index is 740. The largest absolute Gasteiger partial charge is 0.451 e. The Morgan fingerprint density at radius 2 is 1.91 bits per heavy atom. The third-order valence-corrected chi connectivity index (χ3v) is 4.25. The van der Waals surface area contributed by atoms with Crippen molar-refractivity contribution in [1.29, 1.82) is 0 Å². The number of nitrogen functional groups attached to an aromatic ring is 1. The predicted octanol–water partition coefficient (Wildman–Crippen LogP) is 3.69. The van der Waals surface area contributed by atoms with Crippen molar-refractivity contribution in [2.24, 2.45) is 0 Å². The highest BCUT2D eigenvalue weighted by Crippen LogP contribution is 2.34. The van der Waals surface area contributed by atoms with Gasteiger partial charge in [0.2, 0.25) is 5.82 Å². The number of halogens is 4. The summed E-state index contributed by atoms with van der Waals surface area (Å²) in [6.45, 7) is 0. The standard InChI is InChI=1S/C13H11ClF3N5S/c14-6-1-2-7-8(3-6)20-10(19-7)5-23-11-4-9(18)21-12(22-11)13(15,16)17/h1-4,10,19-20H,5H2,(H2,18,21,22). The van der Waals surface area contributed by atoms with Crippen molar-refractivity contribution in [2.45, 2.75) is 17.4 Å². The number of alkyl halides is 3. The summed E-state index contributed by atoms with van der Waals surface area (Å²) in [6.07, 6.45) is -4.78. The van der Waals surface area contributed by atoms with Gasteiger partial charge in [-0.1, -0.05) is 11.6 Å². The van der Waals surface area contributed by atoms with E-state index < -0.39 is 12.0 Å². The van der Waals surface area contributed by atoms with Gasteiger partial charge in [-0.2, -0.15) is 13.2 Å². The molecule has 5 nitrogen and oxygen atoms in total. The molecule has 1 atom stereocenters. The van der Waals surface area contributed by atoms with Gasteiger partial charge in [0.1, 0.15) is 17.0 Å². The van der Waals surface area contributed by atoms with E-state index in [4.69, 9.17) is 17.3 Å². The lowest BCUT2D eigenvalue weighted by atomic mass is 10.3. The number of nitrogens with two attached hydrogens (primary N) is 1. The first-order valence-electron chi connectivity index (χ1n) is 6.48.